The molecule has 0 saturated heterocycles. The molecule has 1 aromatic carbocycles. The Labute approximate surface area is 104 Å². The van der Waals surface area contributed by atoms with E-state index in [0.717, 1.165) is 19.4 Å². The fraction of sp³-hybridized carbons (Fsp3) is 0.600. The molecule has 1 aliphatic rings. The molecule has 0 amide bonds. The first-order chi connectivity index (χ1) is 8.16. The lowest BCUT2D eigenvalue weighted by atomic mass is 9.85. The van der Waals surface area contributed by atoms with Crippen molar-refractivity contribution in [3.05, 3.63) is 35.9 Å². The minimum atomic E-state index is -0.0678. The summed E-state index contributed by atoms with van der Waals surface area (Å²) in [6, 6.07) is 11.2. The van der Waals surface area contributed by atoms with E-state index in [0.29, 0.717) is 17.9 Å². The standard InChI is InChI=1S/C15H23NO/c1-11(2)15(12-6-4-3-5-7-12)10-16-13-8-14(17)9-13/h3-7,11,13-17H,8-10H2,1-2H3. The van der Waals surface area contributed by atoms with Gasteiger partial charge in [-0.25, -0.2) is 0 Å². The monoisotopic (exact) mass is 233 g/mol. The molecule has 2 heteroatoms. The first-order valence-electron chi connectivity index (χ1n) is 6.63. The molecule has 2 N–H and O–H groups in total. The Bertz CT molecular complexity index is 330. The van der Waals surface area contributed by atoms with Gasteiger partial charge in [-0.05, 0) is 30.2 Å². The molecule has 2 rings (SSSR count). The Morgan fingerprint density at radius 2 is 1.88 bits per heavy atom. The Balaban J connectivity index is 1.89. The predicted octanol–water partition coefficient (Wildman–Crippen LogP) is 2.54. The van der Waals surface area contributed by atoms with E-state index in [9.17, 15) is 5.11 Å². The van der Waals surface area contributed by atoms with Crippen molar-refractivity contribution in [1.82, 2.24) is 5.32 Å². The van der Waals surface area contributed by atoms with E-state index in [1.807, 2.05) is 0 Å². The highest BCUT2D eigenvalue weighted by Crippen LogP contribution is 2.25. The third-order valence-corrected chi connectivity index (χ3v) is 3.77. The average Bonchev–Trinajstić information content (AvgIpc) is 2.27. The van der Waals surface area contributed by atoms with Crippen LogP contribution in [0.5, 0.6) is 0 Å². The molecule has 1 saturated carbocycles. The van der Waals surface area contributed by atoms with Gasteiger partial charge in [0, 0.05) is 12.6 Å². The molecule has 0 aromatic heterocycles. The van der Waals surface area contributed by atoms with Crippen LogP contribution in [-0.4, -0.2) is 23.8 Å². The van der Waals surface area contributed by atoms with Crippen molar-refractivity contribution in [2.45, 2.75) is 44.8 Å². The van der Waals surface area contributed by atoms with E-state index >= 15 is 0 Å². The maximum Gasteiger partial charge on any atom is 0.0570 e. The average molecular weight is 233 g/mol. The lowest BCUT2D eigenvalue weighted by Gasteiger charge is -2.34. The van der Waals surface area contributed by atoms with Gasteiger partial charge in [0.1, 0.15) is 0 Å². The quantitative estimate of drug-likeness (QED) is 0.819. The molecule has 0 heterocycles. The summed E-state index contributed by atoms with van der Waals surface area (Å²) in [7, 11) is 0. The Morgan fingerprint density at radius 1 is 1.24 bits per heavy atom. The van der Waals surface area contributed by atoms with Crippen molar-refractivity contribution < 1.29 is 5.11 Å². The number of hydrogen-bond donors (Lipinski definition) is 2. The molecule has 1 fully saturated rings. The third kappa shape index (κ3) is 3.30. The lowest BCUT2D eigenvalue weighted by molar-refractivity contribution is 0.0615. The smallest absolute Gasteiger partial charge is 0.0570 e. The predicted molar refractivity (Wildman–Crippen MR) is 71.1 cm³/mol. The van der Waals surface area contributed by atoms with Crippen molar-refractivity contribution in [3.8, 4) is 0 Å². The summed E-state index contributed by atoms with van der Waals surface area (Å²) in [6.45, 7) is 5.56. The highest BCUT2D eigenvalue weighted by molar-refractivity contribution is 5.20. The third-order valence-electron chi connectivity index (χ3n) is 3.77. The summed E-state index contributed by atoms with van der Waals surface area (Å²) in [5.41, 5.74) is 1.41. The van der Waals surface area contributed by atoms with Gasteiger partial charge in [-0.2, -0.15) is 0 Å². The Hall–Kier alpha value is -0.860. The van der Waals surface area contributed by atoms with Gasteiger partial charge in [-0.3, -0.25) is 0 Å². The number of rotatable bonds is 5. The van der Waals surface area contributed by atoms with Crippen LogP contribution in [0.3, 0.4) is 0 Å². The van der Waals surface area contributed by atoms with Crippen LogP contribution < -0.4 is 5.32 Å². The van der Waals surface area contributed by atoms with E-state index in [4.69, 9.17) is 0 Å². The molecule has 17 heavy (non-hydrogen) atoms. The van der Waals surface area contributed by atoms with Crippen LogP contribution in [0.25, 0.3) is 0 Å². The zero-order chi connectivity index (χ0) is 12.3. The lowest BCUT2D eigenvalue weighted by Crippen LogP contribution is -2.45. The van der Waals surface area contributed by atoms with Gasteiger partial charge in [-0.15, -0.1) is 0 Å². The molecule has 0 spiro atoms. The second kappa shape index (κ2) is 5.65. The number of aliphatic hydroxyl groups is 1. The topological polar surface area (TPSA) is 32.3 Å². The van der Waals surface area contributed by atoms with E-state index in [1.165, 1.54) is 5.56 Å². The highest BCUT2D eigenvalue weighted by atomic mass is 16.3. The normalized spacial score (nSPS) is 25.6. The highest BCUT2D eigenvalue weighted by Gasteiger charge is 2.27. The van der Waals surface area contributed by atoms with Crippen LogP contribution in [0.2, 0.25) is 0 Å². The fourth-order valence-corrected chi connectivity index (χ4v) is 2.49. The second-order valence-electron chi connectivity index (χ2n) is 5.49. The SMILES string of the molecule is CC(C)C(CNC1CC(O)C1)c1ccccc1. The summed E-state index contributed by atoms with van der Waals surface area (Å²) < 4.78 is 0. The Kier molecular flexibility index (Phi) is 4.19. The van der Waals surface area contributed by atoms with Crippen molar-refractivity contribution >= 4 is 0 Å². The van der Waals surface area contributed by atoms with Gasteiger partial charge in [-0.1, -0.05) is 44.2 Å². The van der Waals surface area contributed by atoms with Crippen LogP contribution in [0.4, 0.5) is 0 Å². The zero-order valence-electron chi connectivity index (χ0n) is 10.8. The van der Waals surface area contributed by atoms with Crippen LogP contribution in [0.1, 0.15) is 38.2 Å². The van der Waals surface area contributed by atoms with Crippen LogP contribution in [0, 0.1) is 5.92 Å². The van der Waals surface area contributed by atoms with Crippen LogP contribution in [0.15, 0.2) is 30.3 Å². The maximum absolute atomic E-state index is 9.27. The number of nitrogens with one attached hydrogen (secondary N) is 1. The van der Waals surface area contributed by atoms with Crippen LogP contribution in [-0.2, 0) is 0 Å². The molecule has 94 valence electrons. The van der Waals surface area contributed by atoms with Crippen molar-refractivity contribution in [1.29, 1.82) is 0 Å². The maximum atomic E-state index is 9.27. The Morgan fingerprint density at radius 3 is 2.41 bits per heavy atom. The van der Waals surface area contributed by atoms with Crippen molar-refractivity contribution in [2.75, 3.05) is 6.54 Å². The van der Waals surface area contributed by atoms with E-state index in [2.05, 4.69) is 49.5 Å². The first-order valence-corrected chi connectivity index (χ1v) is 6.63. The minimum absolute atomic E-state index is 0.0678. The number of hydrogen-bond acceptors (Lipinski definition) is 2. The van der Waals surface area contributed by atoms with Gasteiger partial charge in [0.2, 0.25) is 0 Å². The van der Waals surface area contributed by atoms with E-state index in [1.54, 1.807) is 0 Å². The molecule has 1 atom stereocenters. The molecule has 2 nitrogen and oxygen atoms in total. The van der Waals surface area contributed by atoms with Crippen molar-refractivity contribution in [2.24, 2.45) is 5.92 Å². The summed E-state index contributed by atoms with van der Waals surface area (Å²) in [6.07, 6.45) is 1.76. The summed E-state index contributed by atoms with van der Waals surface area (Å²) in [5, 5.41) is 12.8. The molecule has 1 aliphatic carbocycles. The summed E-state index contributed by atoms with van der Waals surface area (Å²) in [4.78, 5) is 0. The van der Waals surface area contributed by atoms with Gasteiger partial charge in [0.25, 0.3) is 0 Å². The van der Waals surface area contributed by atoms with E-state index < -0.39 is 0 Å². The second-order valence-corrected chi connectivity index (χ2v) is 5.49. The number of aliphatic hydroxyl groups excluding tert-OH is 1. The molecule has 1 unspecified atom stereocenters. The number of benzene rings is 1. The van der Waals surface area contributed by atoms with Gasteiger partial charge < -0.3 is 10.4 Å². The summed E-state index contributed by atoms with van der Waals surface area (Å²) >= 11 is 0. The molecule has 0 bridgehead atoms. The van der Waals surface area contributed by atoms with Gasteiger partial charge >= 0.3 is 0 Å². The fourth-order valence-electron chi connectivity index (χ4n) is 2.49. The van der Waals surface area contributed by atoms with Gasteiger partial charge in [0.15, 0.2) is 0 Å². The van der Waals surface area contributed by atoms with E-state index in [-0.39, 0.29) is 6.10 Å². The van der Waals surface area contributed by atoms with Crippen LogP contribution >= 0.6 is 0 Å². The van der Waals surface area contributed by atoms with Gasteiger partial charge in [0.05, 0.1) is 6.10 Å². The molecule has 1 aromatic rings. The largest absolute Gasteiger partial charge is 0.393 e. The minimum Gasteiger partial charge on any atom is -0.393 e. The first kappa shape index (κ1) is 12.6. The molecule has 0 aliphatic heterocycles. The molecular weight excluding hydrogens is 210 g/mol. The zero-order valence-corrected chi connectivity index (χ0v) is 10.8. The molecule has 0 radical (unpaired) electrons. The summed E-state index contributed by atoms with van der Waals surface area (Å²) in [5.74, 6) is 1.20. The molecular formula is C15H23NO. The van der Waals surface area contributed by atoms with Crippen molar-refractivity contribution in [3.63, 3.8) is 0 Å².